The Labute approximate surface area is 107 Å². The molecule has 0 bridgehead atoms. The van der Waals surface area contributed by atoms with Crippen molar-refractivity contribution in [3.63, 3.8) is 0 Å². The molecule has 100 valence electrons. The summed E-state index contributed by atoms with van der Waals surface area (Å²) in [6.07, 6.45) is -4.98. The molecule has 9 heteroatoms. The lowest BCUT2D eigenvalue weighted by Crippen LogP contribution is -2.47. The second-order valence-corrected chi connectivity index (χ2v) is 4.11. The van der Waals surface area contributed by atoms with Gasteiger partial charge >= 0.3 is 18.0 Å². The zero-order valence-electron chi connectivity index (χ0n) is 8.78. The lowest BCUT2D eigenvalue weighted by molar-refractivity contribution is -0.267. The van der Waals surface area contributed by atoms with Crippen molar-refractivity contribution in [2.75, 3.05) is 5.32 Å². The van der Waals surface area contributed by atoms with Crippen LogP contribution in [0, 0.1) is 6.92 Å². The molecule has 0 radical (unpaired) electrons. The Morgan fingerprint density at radius 1 is 1.33 bits per heavy atom. The number of amides is 1. The minimum Gasteiger partial charge on any atom is -0.319 e. The van der Waals surface area contributed by atoms with E-state index in [0.717, 1.165) is 6.20 Å². The average molecular weight is 333 g/mol. The van der Waals surface area contributed by atoms with Gasteiger partial charge in [-0.05, 0) is 34.5 Å². The zero-order chi connectivity index (χ0) is 14.1. The van der Waals surface area contributed by atoms with Gasteiger partial charge in [0.2, 0.25) is 0 Å². The fourth-order valence-corrected chi connectivity index (χ4v) is 1.18. The molecule has 0 unspecified atom stereocenters. The molecule has 1 heterocycles. The van der Waals surface area contributed by atoms with Crippen LogP contribution in [0.15, 0.2) is 16.9 Å². The van der Waals surface area contributed by atoms with Crippen molar-refractivity contribution in [2.24, 2.45) is 0 Å². The summed E-state index contributed by atoms with van der Waals surface area (Å²) in [5, 5.41) is 1.46. The number of alkyl halides is 5. The predicted octanol–water partition coefficient (Wildman–Crippen LogP) is 3.29. The first-order chi connectivity index (χ1) is 8.05. The van der Waals surface area contributed by atoms with E-state index in [1.54, 1.807) is 0 Å². The average Bonchev–Trinajstić information content (AvgIpc) is 2.21. The van der Waals surface area contributed by atoms with Crippen LogP contribution in [0.25, 0.3) is 0 Å². The smallest absolute Gasteiger partial charge is 0.319 e. The van der Waals surface area contributed by atoms with E-state index in [4.69, 9.17) is 0 Å². The van der Waals surface area contributed by atoms with E-state index in [2.05, 4.69) is 20.9 Å². The number of hydrogen-bond donors (Lipinski definition) is 1. The fraction of sp³-hybridized carbons (Fsp3) is 0.333. The van der Waals surface area contributed by atoms with Crippen molar-refractivity contribution in [3.8, 4) is 0 Å². The molecule has 0 saturated carbocycles. The van der Waals surface area contributed by atoms with Gasteiger partial charge in [0.1, 0.15) is 4.60 Å². The van der Waals surface area contributed by atoms with E-state index >= 15 is 0 Å². The highest BCUT2D eigenvalue weighted by atomic mass is 79.9. The van der Waals surface area contributed by atoms with E-state index in [9.17, 15) is 26.7 Å². The molecule has 0 aliphatic heterocycles. The van der Waals surface area contributed by atoms with Crippen LogP contribution in [0.1, 0.15) is 5.56 Å². The summed E-state index contributed by atoms with van der Waals surface area (Å²) in [7, 11) is 0. The Morgan fingerprint density at radius 3 is 2.33 bits per heavy atom. The number of halogens is 6. The number of nitrogens with one attached hydrogen (secondary N) is 1. The molecule has 0 saturated heterocycles. The van der Waals surface area contributed by atoms with Gasteiger partial charge in [-0.1, -0.05) is 0 Å². The Bertz CT molecular complexity index is 475. The van der Waals surface area contributed by atoms with Gasteiger partial charge in [-0.2, -0.15) is 22.0 Å². The molecule has 0 spiro atoms. The standard InChI is InChI=1S/C9H6BrF5N2O/c1-4-2-5(3-16-6(4)10)17-7(18)8(11,12)9(13,14)15/h2-3H,1H3,(H,17,18). The Hall–Kier alpha value is -1.25. The number of anilines is 1. The van der Waals surface area contributed by atoms with Crippen LogP contribution in [-0.2, 0) is 4.79 Å². The molecule has 0 aromatic carbocycles. The van der Waals surface area contributed by atoms with Crippen LogP contribution in [0.2, 0.25) is 0 Å². The van der Waals surface area contributed by atoms with Crippen molar-refractivity contribution in [2.45, 2.75) is 19.0 Å². The lowest BCUT2D eigenvalue weighted by Gasteiger charge is -2.18. The summed E-state index contributed by atoms with van der Waals surface area (Å²) in [5.74, 6) is -7.90. The molecular formula is C9H6BrF5N2O. The Morgan fingerprint density at radius 2 is 1.89 bits per heavy atom. The van der Waals surface area contributed by atoms with Crippen LogP contribution in [0.3, 0.4) is 0 Å². The molecule has 0 fully saturated rings. The van der Waals surface area contributed by atoms with Gasteiger partial charge in [0.15, 0.2) is 0 Å². The third kappa shape index (κ3) is 2.95. The number of nitrogens with zero attached hydrogens (tertiary/aromatic N) is 1. The largest absolute Gasteiger partial charge is 0.463 e. The van der Waals surface area contributed by atoms with Crippen molar-refractivity contribution in [3.05, 3.63) is 22.4 Å². The molecule has 1 amide bonds. The number of carbonyl (C=O) groups is 1. The van der Waals surface area contributed by atoms with Crippen molar-refractivity contribution >= 4 is 27.5 Å². The van der Waals surface area contributed by atoms with Gasteiger partial charge in [-0.3, -0.25) is 4.79 Å². The number of carbonyl (C=O) groups excluding carboxylic acids is 1. The Balaban J connectivity index is 2.91. The van der Waals surface area contributed by atoms with Crippen molar-refractivity contribution < 1.29 is 26.7 Å². The third-order valence-corrected chi connectivity index (χ3v) is 2.74. The summed E-state index contributed by atoms with van der Waals surface area (Å²) in [6, 6.07) is 1.21. The number of rotatable bonds is 2. The minimum atomic E-state index is -5.94. The third-order valence-electron chi connectivity index (χ3n) is 1.91. The van der Waals surface area contributed by atoms with Gasteiger partial charge < -0.3 is 5.32 Å². The lowest BCUT2D eigenvalue weighted by atomic mass is 10.2. The topological polar surface area (TPSA) is 42.0 Å². The Kier molecular flexibility index (Phi) is 3.94. The monoisotopic (exact) mass is 332 g/mol. The zero-order valence-corrected chi connectivity index (χ0v) is 10.4. The molecular weight excluding hydrogens is 327 g/mol. The normalized spacial score (nSPS) is 12.4. The maximum Gasteiger partial charge on any atom is 0.463 e. The molecule has 1 aromatic rings. The predicted molar refractivity (Wildman–Crippen MR) is 56.3 cm³/mol. The van der Waals surface area contributed by atoms with Gasteiger partial charge in [-0.25, -0.2) is 4.98 Å². The van der Waals surface area contributed by atoms with E-state index in [0.29, 0.717) is 10.2 Å². The molecule has 1 rings (SSSR count). The van der Waals surface area contributed by atoms with Gasteiger partial charge in [0.25, 0.3) is 0 Å². The summed E-state index contributed by atoms with van der Waals surface area (Å²) < 4.78 is 61.3. The van der Waals surface area contributed by atoms with E-state index in [-0.39, 0.29) is 5.69 Å². The molecule has 0 atom stereocenters. The van der Waals surface area contributed by atoms with Crippen molar-refractivity contribution in [1.29, 1.82) is 0 Å². The summed E-state index contributed by atoms with van der Waals surface area (Å²) in [4.78, 5) is 14.5. The number of aromatic nitrogens is 1. The minimum absolute atomic E-state index is 0.246. The second kappa shape index (κ2) is 4.79. The van der Waals surface area contributed by atoms with Crippen LogP contribution in [0.4, 0.5) is 27.6 Å². The second-order valence-electron chi connectivity index (χ2n) is 3.36. The molecule has 18 heavy (non-hydrogen) atoms. The SMILES string of the molecule is Cc1cc(NC(=O)C(F)(F)C(F)(F)F)cnc1Br. The van der Waals surface area contributed by atoms with Crippen LogP contribution >= 0.6 is 15.9 Å². The van der Waals surface area contributed by atoms with Gasteiger partial charge in [-0.15, -0.1) is 0 Å². The first-order valence-electron chi connectivity index (χ1n) is 4.44. The van der Waals surface area contributed by atoms with Crippen molar-refractivity contribution in [1.82, 2.24) is 4.98 Å². The molecule has 0 aliphatic rings. The van der Waals surface area contributed by atoms with Gasteiger partial charge in [0.05, 0.1) is 11.9 Å². The first-order valence-corrected chi connectivity index (χ1v) is 5.23. The highest BCUT2D eigenvalue weighted by molar-refractivity contribution is 9.10. The quantitative estimate of drug-likeness (QED) is 0.667. The first kappa shape index (κ1) is 14.8. The number of aryl methyl sites for hydroxylation is 1. The van der Waals surface area contributed by atoms with Crippen LogP contribution in [0.5, 0.6) is 0 Å². The van der Waals surface area contributed by atoms with E-state index < -0.39 is 18.0 Å². The maximum absolute atomic E-state index is 12.6. The highest BCUT2D eigenvalue weighted by Gasteiger charge is 2.63. The van der Waals surface area contributed by atoms with Crippen LogP contribution < -0.4 is 5.32 Å². The molecule has 0 aliphatic carbocycles. The number of hydrogen-bond acceptors (Lipinski definition) is 2. The number of pyridine rings is 1. The molecule has 1 aromatic heterocycles. The highest BCUT2D eigenvalue weighted by Crippen LogP contribution is 2.36. The summed E-state index contributed by atoms with van der Waals surface area (Å²) >= 11 is 3.01. The van der Waals surface area contributed by atoms with Gasteiger partial charge in [0, 0.05) is 0 Å². The van der Waals surface area contributed by atoms with Crippen LogP contribution in [-0.4, -0.2) is 23.0 Å². The fourth-order valence-electron chi connectivity index (χ4n) is 0.965. The summed E-state index contributed by atoms with van der Waals surface area (Å²) in [5.41, 5.74) is 0.229. The summed E-state index contributed by atoms with van der Waals surface area (Å²) in [6.45, 7) is 1.54. The maximum atomic E-state index is 12.6. The van der Waals surface area contributed by atoms with E-state index in [1.807, 2.05) is 0 Å². The molecule has 3 nitrogen and oxygen atoms in total. The van der Waals surface area contributed by atoms with E-state index in [1.165, 1.54) is 18.3 Å². The molecule has 1 N–H and O–H groups in total.